The first-order chi connectivity index (χ1) is 15.3. The molecule has 4 rings (SSSR count). The number of allylic oxidation sites excluding steroid dienone is 2. The zero-order valence-electron chi connectivity index (χ0n) is 19.2. The number of rotatable bonds is 6. The highest BCUT2D eigenvalue weighted by atomic mass is 16.4. The molecule has 3 aliphatic rings. The number of hydrogen-bond donors (Lipinski definition) is 3. The average Bonchev–Trinajstić information content (AvgIpc) is 3.45. The minimum Gasteiger partial charge on any atom is -0.481 e. The summed E-state index contributed by atoms with van der Waals surface area (Å²) in [5.74, 6) is -3.01. The fourth-order valence-corrected chi connectivity index (χ4v) is 6.16. The van der Waals surface area contributed by atoms with Crippen LogP contribution in [0.5, 0.6) is 0 Å². The fourth-order valence-electron chi connectivity index (χ4n) is 6.16. The molecule has 32 heavy (non-hydrogen) atoms. The number of aliphatic carboxylic acids is 1. The van der Waals surface area contributed by atoms with Crippen LogP contribution in [0.2, 0.25) is 0 Å². The molecule has 2 bridgehead atoms. The molecule has 3 saturated carbocycles. The monoisotopic (exact) mass is 442 g/mol. The second-order valence-corrected chi connectivity index (χ2v) is 9.68. The summed E-state index contributed by atoms with van der Waals surface area (Å²) in [5, 5.41) is 20.2. The largest absolute Gasteiger partial charge is 0.481 e. The van der Waals surface area contributed by atoms with Crippen molar-refractivity contribution in [1.82, 2.24) is 15.1 Å². The van der Waals surface area contributed by atoms with Gasteiger partial charge in [-0.15, -0.1) is 0 Å². The molecule has 4 atom stereocenters. The van der Waals surface area contributed by atoms with Crippen molar-refractivity contribution in [2.45, 2.75) is 78.3 Å². The van der Waals surface area contributed by atoms with Crippen molar-refractivity contribution in [3.05, 3.63) is 23.0 Å². The summed E-state index contributed by atoms with van der Waals surface area (Å²) in [5.41, 5.74) is 2.81. The van der Waals surface area contributed by atoms with Gasteiger partial charge in [-0.05, 0) is 58.3 Å². The molecule has 3 aliphatic carbocycles. The smallest absolute Gasteiger partial charge is 0.307 e. The summed E-state index contributed by atoms with van der Waals surface area (Å²) in [6.07, 6.45) is 8.62. The van der Waals surface area contributed by atoms with Gasteiger partial charge in [-0.1, -0.05) is 30.4 Å². The zero-order valence-corrected chi connectivity index (χ0v) is 19.2. The van der Waals surface area contributed by atoms with Crippen LogP contribution >= 0.6 is 0 Å². The molecule has 3 N–H and O–H groups in total. The topological polar surface area (TPSA) is 113 Å². The van der Waals surface area contributed by atoms with E-state index < -0.39 is 17.8 Å². The minimum absolute atomic E-state index is 0.0492. The quantitative estimate of drug-likeness (QED) is 0.583. The molecular formula is C24H34N4O4. The van der Waals surface area contributed by atoms with Crippen molar-refractivity contribution in [3.63, 3.8) is 0 Å². The molecule has 8 nitrogen and oxygen atoms in total. The van der Waals surface area contributed by atoms with E-state index in [0.717, 1.165) is 49.7 Å². The number of carbonyl (C=O) groups is 3. The van der Waals surface area contributed by atoms with Gasteiger partial charge in [-0.2, -0.15) is 5.10 Å². The van der Waals surface area contributed by atoms with Crippen LogP contribution in [0.3, 0.4) is 0 Å². The van der Waals surface area contributed by atoms with Crippen LogP contribution in [0.1, 0.15) is 76.2 Å². The van der Waals surface area contributed by atoms with Crippen LogP contribution in [0.15, 0.2) is 17.3 Å². The number of amides is 2. The molecule has 0 aliphatic heterocycles. The number of anilines is 1. The number of nitrogens with zero attached hydrogens (tertiary/aromatic N) is 2. The normalized spacial score (nSPS) is 27.4. The molecule has 1 aromatic rings. The summed E-state index contributed by atoms with van der Waals surface area (Å²) in [6.45, 7) is 6.48. The maximum absolute atomic E-state index is 13.4. The molecule has 2 amide bonds. The van der Waals surface area contributed by atoms with Gasteiger partial charge in [0.05, 0.1) is 17.5 Å². The van der Waals surface area contributed by atoms with Crippen LogP contribution in [-0.2, 0) is 16.1 Å². The summed E-state index contributed by atoms with van der Waals surface area (Å²) >= 11 is 0. The first-order valence-corrected chi connectivity index (χ1v) is 11.9. The number of carbonyl (C=O) groups excluding carboxylic acids is 2. The number of carboxylic acid groups (broad SMARTS) is 1. The highest BCUT2D eigenvalue weighted by Crippen LogP contribution is 2.57. The number of aromatic nitrogens is 2. The number of carboxylic acids is 1. The lowest BCUT2D eigenvalue weighted by Gasteiger charge is -2.26. The first-order valence-electron chi connectivity index (χ1n) is 11.9. The van der Waals surface area contributed by atoms with Crippen LogP contribution in [-0.4, -0.2) is 38.7 Å². The van der Waals surface area contributed by atoms with E-state index in [1.54, 1.807) is 10.9 Å². The second kappa shape index (κ2) is 9.08. The molecule has 1 heterocycles. The maximum Gasteiger partial charge on any atom is 0.307 e. The van der Waals surface area contributed by atoms with E-state index in [9.17, 15) is 19.5 Å². The molecule has 3 fully saturated rings. The third-order valence-corrected chi connectivity index (χ3v) is 7.51. The van der Waals surface area contributed by atoms with E-state index in [2.05, 4.69) is 15.7 Å². The number of aryl methyl sites for hydroxylation is 1. The lowest BCUT2D eigenvalue weighted by atomic mass is 9.78. The van der Waals surface area contributed by atoms with Gasteiger partial charge in [0.25, 0.3) is 5.91 Å². The summed E-state index contributed by atoms with van der Waals surface area (Å²) < 4.78 is 1.63. The molecule has 1 aromatic heterocycles. The van der Waals surface area contributed by atoms with Gasteiger partial charge < -0.3 is 15.7 Å². The summed E-state index contributed by atoms with van der Waals surface area (Å²) in [4.78, 5) is 38.4. The predicted molar refractivity (Wildman–Crippen MR) is 120 cm³/mol. The van der Waals surface area contributed by atoms with Crippen LogP contribution in [0, 0.1) is 23.7 Å². The molecule has 0 spiro atoms. The van der Waals surface area contributed by atoms with E-state index in [4.69, 9.17) is 0 Å². The van der Waals surface area contributed by atoms with Gasteiger partial charge in [-0.3, -0.25) is 19.1 Å². The van der Waals surface area contributed by atoms with Crippen molar-refractivity contribution in [2.24, 2.45) is 23.7 Å². The van der Waals surface area contributed by atoms with Crippen molar-refractivity contribution in [1.29, 1.82) is 0 Å². The van der Waals surface area contributed by atoms with E-state index in [-0.39, 0.29) is 35.4 Å². The molecule has 0 radical (unpaired) electrons. The Labute approximate surface area is 188 Å². The van der Waals surface area contributed by atoms with Crippen LogP contribution in [0.25, 0.3) is 0 Å². The Bertz CT molecular complexity index is 940. The molecule has 8 heteroatoms. The third-order valence-electron chi connectivity index (χ3n) is 7.51. The van der Waals surface area contributed by atoms with Gasteiger partial charge in [-0.25, -0.2) is 0 Å². The van der Waals surface area contributed by atoms with E-state index >= 15 is 0 Å². The Balaban J connectivity index is 1.56. The Morgan fingerprint density at radius 3 is 2.31 bits per heavy atom. The van der Waals surface area contributed by atoms with Crippen LogP contribution < -0.4 is 10.6 Å². The van der Waals surface area contributed by atoms with Gasteiger partial charge in [0.2, 0.25) is 5.91 Å². The number of nitrogens with one attached hydrogen (secondary N) is 2. The molecule has 174 valence electrons. The lowest BCUT2D eigenvalue weighted by Crippen LogP contribution is -2.39. The SMILES string of the molecule is CCn1cc(NC(=O)[C@H]2[C@@H](C(=O)O)[C@@H]3CC[C@@H]2C3=C(C)C)c(C(=O)NC2CCCCC2)n1. The van der Waals surface area contributed by atoms with Crippen molar-refractivity contribution in [3.8, 4) is 0 Å². The van der Waals surface area contributed by atoms with Crippen molar-refractivity contribution >= 4 is 23.5 Å². The first kappa shape index (κ1) is 22.6. The van der Waals surface area contributed by atoms with E-state index in [1.807, 2.05) is 20.8 Å². The van der Waals surface area contributed by atoms with Crippen molar-refractivity contribution in [2.75, 3.05) is 5.32 Å². The number of hydrogen-bond acceptors (Lipinski definition) is 4. The van der Waals surface area contributed by atoms with E-state index in [0.29, 0.717) is 12.2 Å². The molecule has 0 saturated heterocycles. The van der Waals surface area contributed by atoms with Gasteiger partial charge in [0, 0.05) is 18.8 Å². The Kier molecular flexibility index (Phi) is 6.40. The minimum atomic E-state index is -0.921. The molecular weight excluding hydrogens is 408 g/mol. The fraction of sp³-hybridized carbons (Fsp3) is 0.667. The van der Waals surface area contributed by atoms with Gasteiger partial charge in [0.1, 0.15) is 0 Å². The molecule has 0 unspecified atom stereocenters. The summed E-state index contributed by atoms with van der Waals surface area (Å²) in [6, 6.07) is 0.133. The lowest BCUT2D eigenvalue weighted by molar-refractivity contribution is -0.148. The van der Waals surface area contributed by atoms with E-state index in [1.165, 1.54) is 6.42 Å². The Morgan fingerprint density at radius 2 is 1.72 bits per heavy atom. The second-order valence-electron chi connectivity index (χ2n) is 9.68. The average molecular weight is 443 g/mol. The Hall–Kier alpha value is -2.64. The van der Waals surface area contributed by atoms with Gasteiger partial charge >= 0.3 is 5.97 Å². The third kappa shape index (κ3) is 4.07. The highest BCUT2D eigenvalue weighted by molar-refractivity contribution is 6.04. The number of fused-ring (bicyclic) bond motifs is 2. The summed E-state index contributed by atoms with van der Waals surface area (Å²) in [7, 11) is 0. The maximum atomic E-state index is 13.4. The standard InChI is InChI=1S/C24H34N4O4/c1-4-28-12-17(21(27-28)23(30)25-14-8-6-5-7-9-14)26-22(29)19-15-10-11-16(18(15)13(2)3)20(19)24(31)32/h12,14-16,19-20H,4-11H2,1-3H3,(H,25,30)(H,26,29)(H,31,32)/t15-,16-,19-,20+/m1/s1. The van der Waals surface area contributed by atoms with Gasteiger partial charge in [0.15, 0.2) is 5.69 Å². The zero-order chi connectivity index (χ0) is 23.0. The van der Waals surface area contributed by atoms with Crippen LogP contribution in [0.4, 0.5) is 5.69 Å². The molecule has 0 aromatic carbocycles. The Morgan fingerprint density at radius 1 is 1.06 bits per heavy atom. The highest BCUT2D eigenvalue weighted by Gasteiger charge is 2.57. The predicted octanol–water partition coefficient (Wildman–Crippen LogP) is 3.60. The van der Waals surface area contributed by atoms with Crippen molar-refractivity contribution < 1.29 is 19.5 Å².